The monoisotopic (exact) mass is 192 g/mol. The Kier molecular flexibility index (Phi) is 7.85. The summed E-state index contributed by atoms with van der Waals surface area (Å²) in [6, 6.07) is 0. The van der Waals surface area contributed by atoms with Crippen LogP contribution >= 0.6 is 0 Å². The molecule has 0 aliphatic carbocycles. The fraction of sp³-hybridized carbons (Fsp3) is 0.889. The topological polar surface area (TPSA) is 77.8 Å². The summed E-state index contributed by atoms with van der Waals surface area (Å²) in [4.78, 5) is 10.0. The summed E-state index contributed by atoms with van der Waals surface area (Å²) in [7, 11) is 0. The molecule has 0 aliphatic heterocycles. The molecule has 0 aromatic carbocycles. The molecular formula is C9H20O4. The van der Waals surface area contributed by atoms with E-state index in [1.165, 1.54) is 0 Å². The van der Waals surface area contributed by atoms with Crippen molar-refractivity contribution in [1.82, 2.24) is 0 Å². The van der Waals surface area contributed by atoms with Crippen LogP contribution in [-0.2, 0) is 4.79 Å². The molecule has 0 unspecified atom stereocenters. The predicted molar refractivity (Wildman–Crippen MR) is 50.2 cm³/mol. The van der Waals surface area contributed by atoms with Crippen LogP contribution in [-0.4, -0.2) is 27.6 Å². The molecule has 0 bridgehead atoms. The minimum atomic E-state index is -1.10. The van der Waals surface area contributed by atoms with Crippen molar-refractivity contribution in [2.75, 3.05) is 0 Å². The summed E-state index contributed by atoms with van der Waals surface area (Å²) in [6.07, 6.45) is 0.215. The van der Waals surface area contributed by atoms with Crippen LogP contribution in [0.25, 0.3) is 0 Å². The van der Waals surface area contributed by atoms with Gasteiger partial charge in [-0.3, -0.25) is 4.79 Å². The van der Waals surface area contributed by atoms with E-state index in [2.05, 4.69) is 0 Å². The van der Waals surface area contributed by atoms with E-state index in [4.69, 9.17) is 15.3 Å². The fourth-order valence-corrected chi connectivity index (χ4v) is 0.258. The van der Waals surface area contributed by atoms with Crippen LogP contribution in [0.4, 0.5) is 0 Å². The van der Waals surface area contributed by atoms with Crippen LogP contribution in [0.2, 0.25) is 0 Å². The molecule has 80 valence electrons. The molecule has 13 heavy (non-hydrogen) atoms. The molecule has 3 N–H and O–H groups in total. The molecule has 0 aromatic rings. The van der Waals surface area contributed by atoms with Crippen molar-refractivity contribution in [2.24, 2.45) is 5.41 Å². The van der Waals surface area contributed by atoms with Crippen LogP contribution in [0.5, 0.6) is 0 Å². The van der Waals surface area contributed by atoms with E-state index < -0.39 is 17.7 Å². The second-order valence-corrected chi connectivity index (χ2v) is 3.82. The Morgan fingerprint density at radius 3 is 1.62 bits per heavy atom. The number of carbonyl (C=O) groups is 1. The third kappa shape index (κ3) is 14.3. The summed E-state index contributed by atoms with van der Waals surface area (Å²) in [5.41, 5.74) is -0.583. The van der Waals surface area contributed by atoms with Crippen molar-refractivity contribution in [3.8, 4) is 0 Å². The summed E-state index contributed by atoms with van der Waals surface area (Å²) in [5, 5.41) is 24.5. The van der Waals surface area contributed by atoms with Gasteiger partial charge in [0.2, 0.25) is 0 Å². The van der Waals surface area contributed by atoms with Gasteiger partial charge in [-0.1, -0.05) is 13.3 Å². The lowest BCUT2D eigenvalue weighted by molar-refractivity contribution is -0.145. The van der Waals surface area contributed by atoms with Gasteiger partial charge in [0.05, 0.1) is 5.41 Å². The maximum Gasteiger partial charge on any atom is 0.308 e. The summed E-state index contributed by atoms with van der Waals surface area (Å²) >= 11 is 0. The normalized spacial score (nSPS) is 10.7. The first-order valence-corrected chi connectivity index (χ1v) is 4.31. The number of aliphatic hydroxyl groups is 2. The van der Waals surface area contributed by atoms with Crippen LogP contribution in [0.15, 0.2) is 0 Å². The van der Waals surface area contributed by atoms with Crippen molar-refractivity contribution in [1.29, 1.82) is 0 Å². The van der Waals surface area contributed by atoms with Gasteiger partial charge in [0.15, 0.2) is 6.29 Å². The summed E-state index contributed by atoms with van der Waals surface area (Å²) in [6.45, 7) is 6.89. The largest absolute Gasteiger partial charge is 0.481 e. The molecule has 0 atom stereocenters. The van der Waals surface area contributed by atoms with Gasteiger partial charge in [-0.05, 0) is 27.2 Å². The summed E-state index contributed by atoms with van der Waals surface area (Å²) < 4.78 is 0. The van der Waals surface area contributed by atoms with Gasteiger partial charge in [-0.25, -0.2) is 0 Å². The van der Waals surface area contributed by atoms with Crippen molar-refractivity contribution >= 4 is 5.97 Å². The number of hydrogen-bond donors (Lipinski definition) is 3. The first-order valence-electron chi connectivity index (χ1n) is 4.31. The molecule has 0 heterocycles. The molecule has 0 rings (SSSR count). The third-order valence-electron chi connectivity index (χ3n) is 1.19. The standard InChI is InChI=1S/C5H10O2.C4H10O2/c1-5(2,3)4(6)7;1-2-3-4(5)6/h1-3H3,(H,6,7);4-6H,2-3H2,1H3. The summed E-state index contributed by atoms with van der Waals surface area (Å²) in [5.74, 6) is -0.757. The predicted octanol–water partition coefficient (Wildman–Crippen LogP) is 1.21. The van der Waals surface area contributed by atoms with Crippen molar-refractivity contribution < 1.29 is 20.1 Å². The van der Waals surface area contributed by atoms with Crippen LogP contribution < -0.4 is 0 Å². The smallest absolute Gasteiger partial charge is 0.308 e. The number of rotatable bonds is 2. The highest BCUT2D eigenvalue weighted by Gasteiger charge is 2.18. The Morgan fingerprint density at radius 2 is 1.62 bits per heavy atom. The molecular weight excluding hydrogens is 172 g/mol. The van der Waals surface area contributed by atoms with Gasteiger partial charge in [0.1, 0.15) is 0 Å². The lowest BCUT2D eigenvalue weighted by atomic mass is 9.98. The van der Waals surface area contributed by atoms with E-state index in [1.807, 2.05) is 6.92 Å². The minimum Gasteiger partial charge on any atom is -0.481 e. The minimum absolute atomic E-state index is 0.486. The number of aliphatic hydroxyl groups excluding tert-OH is 1. The lowest BCUT2D eigenvalue weighted by Gasteiger charge is -2.08. The molecule has 0 saturated carbocycles. The molecule has 0 radical (unpaired) electrons. The Bertz CT molecular complexity index is 135. The van der Waals surface area contributed by atoms with Crippen molar-refractivity contribution in [3.63, 3.8) is 0 Å². The van der Waals surface area contributed by atoms with Crippen molar-refractivity contribution in [3.05, 3.63) is 0 Å². The number of aliphatic carboxylic acids is 1. The van der Waals surface area contributed by atoms with Crippen LogP contribution in [0.1, 0.15) is 40.5 Å². The van der Waals surface area contributed by atoms with Gasteiger partial charge < -0.3 is 15.3 Å². The Hall–Kier alpha value is -0.610. The maximum absolute atomic E-state index is 10.0. The molecule has 0 spiro atoms. The number of hydrogen-bond acceptors (Lipinski definition) is 3. The Balaban J connectivity index is 0. The Morgan fingerprint density at radius 1 is 1.31 bits per heavy atom. The molecule has 0 amide bonds. The second kappa shape index (κ2) is 6.86. The zero-order valence-corrected chi connectivity index (χ0v) is 8.74. The molecule has 0 fully saturated rings. The van der Waals surface area contributed by atoms with E-state index in [0.717, 1.165) is 6.42 Å². The molecule has 0 aromatic heterocycles. The zero-order valence-electron chi connectivity index (χ0n) is 8.74. The third-order valence-corrected chi connectivity index (χ3v) is 1.19. The van der Waals surface area contributed by atoms with Gasteiger partial charge in [-0.2, -0.15) is 0 Å². The second-order valence-electron chi connectivity index (χ2n) is 3.82. The van der Waals surface area contributed by atoms with E-state index in [0.29, 0.717) is 6.42 Å². The molecule has 4 nitrogen and oxygen atoms in total. The van der Waals surface area contributed by atoms with Gasteiger partial charge >= 0.3 is 5.97 Å². The zero-order chi connectivity index (χ0) is 11.1. The number of carboxylic acids is 1. The maximum atomic E-state index is 10.0. The van der Waals surface area contributed by atoms with E-state index >= 15 is 0 Å². The van der Waals surface area contributed by atoms with Crippen molar-refractivity contribution in [2.45, 2.75) is 46.8 Å². The molecule has 0 aliphatic rings. The first-order chi connectivity index (χ1) is 5.71. The fourth-order valence-electron chi connectivity index (χ4n) is 0.258. The van der Waals surface area contributed by atoms with Crippen LogP contribution in [0, 0.1) is 5.41 Å². The number of carboxylic acid groups (broad SMARTS) is 1. The lowest BCUT2D eigenvalue weighted by Crippen LogP contribution is -2.18. The average Bonchev–Trinajstić information content (AvgIpc) is 1.85. The van der Waals surface area contributed by atoms with E-state index in [9.17, 15) is 4.79 Å². The highest BCUT2D eigenvalue weighted by Crippen LogP contribution is 2.11. The van der Waals surface area contributed by atoms with E-state index in [1.54, 1.807) is 20.8 Å². The van der Waals surface area contributed by atoms with Crippen LogP contribution in [0.3, 0.4) is 0 Å². The van der Waals surface area contributed by atoms with E-state index in [-0.39, 0.29) is 0 Å². The molecule has 4 heteroatoms. The highest BCUT2D eigenvalue weighted by molar-refractivity contribution is 5.72. The van der Waals surface area contributed by atoms with Gasteiger partial charge in [0.25, 0.3) is 0 Å². The highest BCUT2D eigenvalue weighted by atomic mass is 16.5. The first kappa shape index (κ1) is 14.9. The SMILES string of the molecule is CC(C)(C)C(=O)O.CCCC(O)O. The van der Waals surface area contributed by atoms with Gasteiger partial charge in [-0.15, -0.1) is 0 Å². The molecule has 0 saturated heterocycles. The quantitative estimate of drug-likeness (QED) is 0.575. The Labute approximate surface area is 79.2 Å². The van der Waals surface area contributed by atoms with Gasteiger partial charge in [0, 0.05) is 0 Å². The average molecular weight is 192 g/mol.